The third-order valence-corrected chi connectivity index (χ3v) is 8.62. The van der Waals surface area contributed by atoms with Crippen molar-refractivity contribution in [1.82, 2.24) is 39.6 Å². The second kappa shape index (κ2) is 12.8. The molecule has 47 heavy (non-hydrogen) atoms. The first-order valence-electron chi connectivity index (χ1n) is 15.0. The summed E-state index contributed by atoms with van der Waals surface area (Å²) in [5.74, 6) is -1.42. The number of nitrogens with one attached hydrogen (secondary N) is 1. The lowest BCUT2D eigenvalue weighted by Crippen LogP contribution is -2.41. The molecule has 3 unspecified atom stereocenters. The van der Waals surface area contributed by atoms with Gasteiger partial charge in [0, 0.05) is 35.7 Å². The largest absolute Gasteiger partial charge is 0.473 e. The fourth-order valence-electron chi connectivity index (χ4n) is 5.81. The number of rotatable bonds is 9. The molecule has 0 amide bonds. The fourth-order valence-corrected chi connectivity index (χ4v) is 5.97. The van der Waals surface area contributed by atoms with Gasteiger partial charge in [0.1, 0.15) is 30.1 Å². The summed E-state index contributed by atoms with van der Waals surface area (Å²) in [5.41, 5.74) is 2.21. The smallest absolute Gasteiger partial charge is 0.451 e. The Morgan fingerprint density at radius 2 is 1.94 bits per heavy atom. The molecule has 6 heterocycles. The van der Waals surface area contributed by atoms with Crippen molar-refractivity contribution < 1.29 is 31.4 Å². The van der Waals surface area contributed by atoms with Gasteiger partial charge in [0.2, 0.25) is 11.7 Å². The molecular weight excluding hydrogens is 647 g/mol. The Morgan fingerprint density at radius 1 is 1.09 bits per heavy atom. The molecule has 2 aliphatic heterocycles. The number of likely N-dealkylation sites (tertiary alicyclic amines) is 1. The van der Waals surface area contributed by atoms with Gasteiger partial charge in [-0.05, 0) is 43.7 Å². The number of ether oxygens (including phenoxy) is 2. The van der Waals surface area contributed by atoms with E-state index in [0.717, 1.165) is 6.42 Å². The average molecular weight is 675 g/mol. The zero-order valence-electron chi connectivity index (χ0n) is 24.7. The van der Waals surface area contributed by atoms with E-state index in [1.165, 1.54) is 12.3 Å². The Kier molecular flexibility index (Phi) is 8.53. The number of aromatic amines is 1. The minimum Gasteiger partial charge on any atom is -0.473 e. The lowest BCUT2D eigenvalue weighted by molar-refractivity contribution is -0.144. The van der Waals surface area contributed by atoms with Gasteiger partial charge in [-0.15, -0.1) is 0 Å². The van der Waals surface area contributed by atoms with Crippen LogP contribution in [0.1, 0.15) is 41.7 Å². The van der Waals surface area contributed by atoms with E-state index in [4.69, 9.17) is 26.1 Å². The molecule has 0 aliphatic carbocycles. The molecule has 1 aromatic carbocycles. The number of hydrogen-bond acceptors (Lipinski definition) is 8. The predicted octanol–water partition coefficient (Wildman–Crippen LogP) is 6.12. The first-order valence-corrected chi connectivity index (χ1v) is 15.4. The number of imidazole rings is 1. The summed E-state index contributed by atoms with van der Waals surface area (Å²) in [4.78, 5) is 19.1. The maximum Gasteiger partial charge on any atom is 0.451 e. The van der Waals surface area contributed by atoms with Crippen molar-refractivity contribution in [3.05, 3.63) is 82.4 Å². The summed E-state index contributed by atoms with van der Waals surface area (Å²) in [6.45, 7) is 2.17. The molecule has 2 saturated heterocycles. The van der Waals surface area contributed by atoms with Gasteiger partial charge in [0.25, 0.3) is 0 Å². The van der Waals surface area contributed by atoms with Crippen LogP contribution in [0.25, 0.3) is 22.6 Å². The number of benzene rings is 1. The summed E-state index contributed by atoms with van der Waals surface area (Å²) in [6, 6.07) is 11.0. The van der Waals surface area contributed by atoms with E-state index in [0.29, 0.717) is 60.8 Å². The minimum absolute atomic E-state index is 0.00964. The molecule has 2 fully saturated rings. The van der Waals surface area contributed by atoms with Crippen LogP contribution in [0.2, 0.25) is 5.02 Å². The summed E-state index contributed by atoms with van der Waals surface area (Å²) in [5, 5.41) is 5.87. The molecule has 7 rings (SSSR count). The van der Waals surface area contributed by atoms with E-state index >= 15 is 4.39 Å². The van der Waals surface area contributed by atoms with E-state index in [-0.39, 0.29) is 41.7 Å². The summed E-state index contributed by atoms with van der Waals surface area (Å²) in [6.07, 6.45) is -2.99. The molecular formula is C31H28ClF5N8O2. The summed E-state index contributed by atoms with van der Waals surface area (Å²) >= 11 is 5.83. The van der Waals surface area contributed by atoms with Gasteiger partial charge >= 0.3 is 6.18 Å². The van der Waals surface area contributed by atoms with Gasteiger partial charge in [0.15, 0.2) is 5.82 Å². The van der Waals surface area contributed by atoms with Gasteiger partial charge in [-0.25, -0.2) is 23.7 Å². The Hall–Kier alpha value is -4.21. The van der Waals surface area contributed by atoms with E-state index in [2.05, 4.69) is 20.1 Å². The number of aromatic nitrogens is 7. The topological polar surface area (TPSA) is 107 Å². The van der Waals surface area contributed by atoms with E-state index < -0.39 is 29.9 Å². The second-order valence-electron chi connectivity index (χ2n) is 11.6. The first-order chi connectivity index (χ1) is 22.6. The highest BCUT2D eigenvalue weighted by Gasteiger charge is 2.36. The molecule has 0 bridgehead atoms. The third kappa shape index (κ3) is 6.78. The van der Waals surface area contributed by atoms with Gasteiger partial charge in [0.05, 0.1) is 42.1 Å². The number of piperidine rings is 1. The number of pyridine rings is 2. The van der Waals surface area contributed by atoms with Crippen LogP contribution >= 0.6 is 11.6 Å². The van der Waals surface area contributed by atoms with Crippen LogP contribution in [0.3, 0.4) is 0 Å². The maximum absolute atomic E-state index is 15.7. The van der Waals surface area contributed by atoms with Crippen LogP contribution in [-0.2, 0) is 30.6 Å². The quantitative estimate of drug-likeness (QED) is 0.187. The number of H-pyrrole nitrogens is 1. The minimum atomic E-state index is -4.67. The summed E-state index contributed by atoms with van der Waals surface area (Å²) < 4.78 is 82.4. The molecule has 246 valence electrons. The van der Waals surface area contributed by atoms with Crippen LogP contribution in [0.4, 0.5) is 22.0 Å². The second-order valence-corrected chi connectivity index (χ2v) is 12.0. The molecule has 1 N–H and O–H groups in total. The SMILES string of the molecule is Fc1cc(Cl)ccc1COc1cccc(C2CCN(Cc3nc4cc(-c5n[nH]c(C(F)(F)F)n5)ncc4n3CC3CCO3)CC2F)n1. The van der Waals surface area contributed by atoms with E-state index in [1.807, 2.05) is 14.6 Å². The highest BCUT2D eigenvalue weighted by Crippen LogP contribution is 2.33. The van der Waals surface area contributed by atoms with E-state index in [9.17, 15) is 17.6 Å². The standard InChI is InChI=1S/C31H28ClF5N8O2/c32-18-5-4-17(21(33)10-18)16-47-28-3-1-2-23(40-28)20-6-8-44(14-22(20)34)15-27-39-24-11-25(29-41-30(43-42-29)31(35,36)37)38-12-26(24)45(27)13-19-7-9-46-19/h1-5,10-12,19-20,22H,6-9,13-16H2,(H,41,42,43). The molecule has 0 saturated carbocycles. The number of alkyl halides is 4. The highest BCUT2D eigenvalue weighted by molar-refractivity contribution is 6.30. The van der Waals surface area contributed by atoms with Gasteiger partial charge < -0.3 is 14.0 Å². The number of hydrogen-bond donors (Lipinski definition) is 1. The third-order valence-electron chi connectivity index (χ3n) is 8.38. The maximum atomic E-state index is 15.7. The molecule has 10 nitrogen and oxygen atoms in total. The van der Waals surface area contributed by atoms with Crippen molar-refractivity contribution in [2.45, 2.75) is 56.9 Å². The fraction of sp³-hybridized carbons (Fsp3) is 0.387. The summed E-state index contributed by atoms with van der Waals surface area (Å²) in [7, 11) is 0. The Bertz CT molecular complexity index is 1900. The lowest BCUT2D eigenvalue weighted by Gasteiger charge is -2.34. The number of nitrogens with zero attached hydrogens (tertiary/aromatic N) is 7. The Morgan fingerprint density at radius 3 is 2.66 bits per heavy atom. The highest BCUT2D eigenvalue weighted by atomic mass is 35.5. The van der Waals surface area contributed by atoms with Gasteiger partial charge in [-0.2, -0.15) is 18.3 Å². The Labute approximate surface area is 269 Å². The lowest BCUT2D eigenvalue weighted by atomic mass is 9.91. The zero-order chi connectivity index (χ0) is 32.7. The van der Waals surface area contributed by atoms with Gasteiger partial charge in [-0.3, -0.25) is 15.0 Å². The van der Waals surface area contributed by atoms with Crippen LogP contribution < -0.4 is 4.74 Å². The average Bonchev–Trinajstić information content (AvgIpc) is 3.64. The first kappa shape index (κ1) is 31.4. The Balaban J connectivity index is 1.05. The van der Waals surface area contributed by atoms with Crippen molar-refractivity contribution >= 4 is 22.6 Å². The molecule has 3 atom stereocenters. The van der Waals surface area contributed by atoms with Crippen molar-refractivity contribution in [2.24, 2.45) is 0 Å². The molecule has 0 radical (unpaired) electrons. The monoisotopic (exact) mass is 674 g/mol. The van der Waals surface area contributed by atoms with Gasteiger partial charge in [-0.1, -0.05) is 23.7 Å². The van der Waals surface area contributed by atoms with Crippen LogP contribution in [0.5, 0.6) is 5.88 Å². The predicted molar refractivity (Wildman–Crippen MR) is 160 cm³/mol. The van der Waals surface area contributed by atoms with Crippen LogP contribution in [0, 0.1) is 5.82 Å². The van der Waals surface area contributed by atoms with Crippen LogP contribution in [-0.4, -0.2) is 71.6 Å². The zero-order valence-corrected chi connectivity index (χ0v) is 25.5. The molecule has 4 aromatic heterocycles. The molecule has 0 spiro atoms. The van der Waals surface area contributed by atoms with Crippen molar-refractivity contribution in [3.8, 4) is 17.4 Å². The number of halogens is 6. The van der Waals surface area contributed by atoms with Crippen molar-refractivity contribution in [3.63, 3.8) is 0 Å². The van der Waals surface area contributed by atoms with Crippen molar-refractivity contribution in [2.75, 3.05) is 19.7 Å². The van der Waals surface area contributed by atoms with Crippen LogP contribution in [0.15, 0.2) is 48.7 Å². The number of fused-ring (bicyclic) bond motifs is 1. The van der Waals surface area contributed by atoms with E-state index in [1.54, 1.807) is 36.4 Å². The normalized spacial score (nSPS) is 20.4. The molecule has 2 aliphatic rings. The van der Waals surface area contributed by atoms with Crippen molar-refractivity contribution in [1.29, 1.82) is 0 Å². The molecule has 16 heteroatoms. The molecule has 5 aromatic rings.